The third-order valence-corrected chi connectivity index (χ3v) is 5.43. The van der Waals surface area contributed by atoms with E-state index in [1.807, 2.05) is 18.2 Å². The van der Waals surface area contributed by atoms with E-state index in [1.165, 1.54) is 6.07 Å². The Morgan fingerprint density at radius 2 is 1.88 bits per heavy atom. The predicted molar refractivity (Wildman–Crippen MR) is 112 cm³/mol. The summed E-state index contributed by atoms with van der Waals surface area (Å²) >= 11 is 13.9. The number of pyridine rings is 1. The van der Waals surface area contributed by atoms with Crippen molar-refractivity contribution in [1.29, 1.82) is 0 Å². The van der Waals surface area contributed by atoms with E-state index in [0.29, 0.717) is 22.8 Å². The quantitative estimate of drug-likeness (QED) is 0.313. The van der Waals surface area contributed by atoms with Crippen molar-refractivity contribution < 1.29 is 4.39 Å². The molecule has 1 atom stereocenters. The van der Waals surface area contributed by atoms with Crippen molar-refractivity contribution in [1.82, 2.24) is 9.71 Å². The van der Waals surface area contributed by atoms with E-state index in [1.54, 1.807) is 24.1 Å². The van der Waals surface area contributed by atoms with E-state index in [2.05, 4.69) is 44.0 Å². The van der Waals surface area contributed by atoms with Gasteiger partial charge in [0.05, 0.1) is 16.3 Å². The minimum Gasteiger partial charge on any atom is -0.253 e. The molecule has 2 aromatic rings. The van der Waals surface area contributed by atoms with E-state index in [4.69, 9.17) is 23.2 Å². The summed E-state index contributed by atoms with van der Waals surface area (Å²) in [6.07, 6.45) is 2.58. The van der Waals surface area contributed by atoms with Crippen molar-refractivity contribution >= 4 is 35.1 Å². The average molecular weight is 413 g/mol. The van der Waals surface area contributed by atoms with Crippen LogP contribution in [0.1, 0.15) is 39.7 Å². The number of rotatable bonds is 6. The number of halogens is 3. The van der Waals surface area contributed by atoms with E-state index in [0.717, 1.165) is 5.56 Å². The maximum Gasteiger partial charge on any atom is 0.141 e. The lowest BCUT2D eigenvalue weighted by Gasteiger charge is -2.33. The van der Waals surface area contributed by atoms with Gasteiger partial charge in [-0.1, -0.05) is 41.2 Å². The van der Waals surface area contributed by atoms with Gasteiger partial charge in [0, 0.05) is 10.3 Å². The Kier molecular flexibility index (Phi) is 6.78. The van der Waals surface area contributed by atoms with Crippen molar-refractivity contribution in [2.24, 2.45) is 0 Å². The van der Waals surface area contributed by atoms with Crippen LogP contribution in [0.5, 0.6) is 0 Å². The Bertz CT molecular complexity index is 805. The number of hydrogen-bond donors (Lipinski definition) is 1. The fourth-order valence-electron chi connectivity index (χ4n) is 2.39. The monoisotopic (exact) mass is 412 g/mol. The first-order chi connectivity index (χ1) is 12.0. The summed E-state index contributed by atoms with van der Waals surface area (Å²) in [5.41, 5.74) is 1.95. The topological polar surface area (TPSA) is 24.9 Å². The van der Waals surface area contributed by atoms with Crippen molar-refractivity contribution in [3.63, 3.8) is 0 Å². The van der Waals surface area contributed by atoms with Gasteiger partial charge >= 0.3 is 0 Å². The third kappa shape index (κ3) is 5.46. The van der Waals surface area contributed by atoms with E-state index < -0.39 is 5.82 Å². The molecule has 0 saturated heterocycles. The standard InChI is InChI=1S/C20H23Cl2FN2S/c1-6-9-20(5,25-26-19(2,3)4)14-11-17(24-18(22)12-14)13-7-8-16(23)15(21)10-13/h6-8,10-12,25H,1,9H2,2-5H3. The summed E-state index contributed by atoms with van der Waals surface area (Å²) in [5, 5.41) is 0.428. The second kappa shape index (κ2) is 8.30. The summed E-state index contributed by atoms with van der Waals surface area (Å²) in [7, 11) is 0. The van der Waals surface area contributed by atoms with Crippen LogP contribution in [0, 0.1) is 5.82 Å². The maximum atomic E-state index is 13.5. The smallest absolute Gasteiger partial charge is 0.141 e. The molecule has 1 aromatic heterocycles. The van der Waals surface area contributed by atoms with Gasteiger partial charge in [0.25, 0.3) is 0 Å². The van der Waals surface area contributed by atoms with Crippen LogP contribution >= 0.6 is 35.1 Å². The van der Waals surface area contributed by atoms with E-state index in [-0.39, 0.29) is 15.3 Å². The summed E-state index contributed by atoms with van der Waals surface area (Å²) in [6, 6.07) is 8.33. The first-order valence-corrected chi connectivity index (χ1v) is 9.81. The molecule has 2 rings (SSSR count). The van der Waals surface area contributed by atoms with Crippen LogP contribution < -0.4 is 4.72 Å². The van der Waals surface area contributed by atoms with Crippen LogP contribution in [0.2, 0.25) is 10.2 Å². The molecule has 1 heterocycles. The number of aromatic nitrogens is 1. The first kappa shape index (κ1) is 21.2. The third-order valence-electron chi connectivity index (χ3n) is 3.78. The molecule has 0 aliphatic carbocycles. The molecule has 0 saturated carbocycles. The summed E-state index contributed by atoms with van der Waals surface area (Å²) in [5.74, 6) is -0.461. The van der Waals surface area contributed by atoms with Crippen molar-refractivity contribution in [2.75, 3.05) is 0 Å². The predicted octanol–water partition coefficient (Wildman–Crippen LogP) is 7.02. The Hall–Kier alpha value is -1.07. The molecule has 26 heavy (non-hydrogen) atoms. The molecular formula is C20H23Cl2FN2S. The fourth-order valence-corrected chi connectivity index (χ4v) is 3.51. The molecule has 0 aliphatic rings. The molecule has 1 unspecified atom stereocenters. The zero-order chi connectivity index (χ0) is 19.5. The Labute approximate surface area is 169 Å². The van der Waals surface area contributed by atoms with Crippen LogP contribution in [-0.4, -0.2) is 9.73 Å². The molecule has 2 nitrogen and oxygen atoms in total. The van der Waals surface area contributed by atoms with Gasteiger partial charge in [-0.2, -0.15) is 0 Å². The largest absolute Gasteiger partial charge is 0.253 e. The van der Waals surface area contributed by atoms with Gasteiger partial charge in [-0.25, -0.2) is 9.37 Å². The van der Waals surface area contributed by atoms with Crippen molar-refractivity contribution in [3.05, 3.63) is 64.5 Å². The molecule has 0 fully saturated rings. The molecule has 1 N–H and O–H groups in total. The van der Waals surface area contributed by atoms with Crippen LogP contribution in [-0.2, 0) is 5.54 Å². The Morgan fingerprint density at radius 1 is 1.19 bits per heavy atom. The van der Waals surface area contributed by atoms with Crippen LogP contribution in [0.4, 0.5) is 4.39 Å². The van der Waals surface area contributed by atoms with Gasteiger partial charge in [-0.05, 0) is 70.0 Å². The highest BCUT2D eigenvalue weighted by Crippen LogP contribution is 2.35. The van der Waals surface area contributed by atoms with Crippen molar-refractivity contribution in [3.8, 4) is 11.3 Å². The zero-order valence-electron chi connectivity index (χ0n) is 15.4. The molecule has 0 spiro atoms. The summed E-state index contributed by atoms with van der Waals surface area (Å²) in [6.45, 7) is 12.4. The van der Waals surface area contributed by atoms with Gasteiger partial charge in [-0.15, -0.1) is 6.58 Å². The van der Waals surface area contributed by atoms with Crippen molar-refractivity contribution in [2.45, 2.75) is 44.4 Å². The number of nitrogens with zero attached hydrogens (tertiary/aromatic N) is 1. The van der Waals surface area contributed by atoms with Gasteiger partial charge in [0.15, 0.2) is 0 Å². The average Bonchev–Trinajstić information content (AvgIpc) is 2.54. The molecule has 0 amide bonds. The number of benzene rings is 1. The maximum absolute atomic E-state index is 13.5. The van der Waals surface area contributed by atoms with E-state index in [9.17, 15) is 4.39 Å². The first-order valence-electron chi connectivity index (χ1n) is 8.24. The molecule has 1 aromatic carbocycles. The molecule has 140 valence electrons. The highest BCUT2D eigenvalue weighted by atomic mass is 35.5. The van der Waals surface area contributed by atoms with Gasteiger partial charge in [0.2, 0.25) is 0 Å². The van der Waals surface area contributed by atoms with E-state index >= 15 is 0 Å². The summed E-state index contributed by atoms with van der Waals surface area (Å²) in [4.78, 5) is 4.38. The Balaban J connectivity index is 2.48. The molecule has 0 aliphatic heterocycles. The lowest BCUT2D eigenvalue weighted by atomic mass is 9.89. The molecule has 6 heteroatoms. The molecule has 0 bridgehead atoms. The Morgan fingerprint density at radius 3 is 2.46 bits per heavy atom. The zero-order valence-corrected chi connectivity index (χ0v) is 17.7. The normalized spacial score (nSPS) is 14.1. The van der Waals surface area contributed by atoms with Gasteiger partial charge in [0.1, 0.15) is 11.0 Å². The van der Waals surface area contributed by atoms with Crippen LogP contribution in [0.25, 0.3) is 11.3 Å². The molecular weight excluding hydrogens is 390 g/mol. The van der Waals surface area contributed by atoms with Crippen LogP contribution in [0.15, 0.2) is 43.0 Å². The minimum absolute atomic E-state index is 0.0482. The second-order valence-electron chi connectivity index (χ2n) is 7.33. The SMILES string of the molecule is C=CCC(C)(NSC(C)(C)C)c1cc(Cl)nc(-c2ccc(F)c(Cl)c2)c1. The summed E-state index contributed by atoms with van der Waals surface area (Å²) < 4.78 is 17.1. The van der Waals surface area contributed by atoms with Gasteiger partial charge in [-0.3, -0.25) is 4.72 Å². The lowest BCUT2D eigenvalue weighted by Crippen LogP contribution is -2.37. The number of nitrogens with one attached hydrogen (secondary N) is 1. The van der Waals surface area contributed by atoms with Gasteiger partial charge < -0.3 is 0 Å². The minimum atomic E-state index is -0.461. The van der Waals surface area contributed by atoms with Crippen LogP contribution in [0.3, 0.4) is 0 Å². The highest BCUT2D eigenvalue weighted by Gasteiger charge is 2.28. The molecule has 0 radical (unpaired) electrons. The second-order valence-corrected chi connectivity index (χ2v) is 9.76. The number of hydrogen-bond acceptors (Lipinski definition) is 3. The highest BCUT2D eigenvalue weighted by molar-refractivity contribution is 7.98. The lowest BCUT2D eigenvalue weighted by molar-refractivity contribution is 0.459. The fraction of sp³-hybridized carbons (Fsp3) is 0.350.